The topological polar surface area (TPSA) is 52.2 Å². The number of rotatable bonds is 2. The van der Waals surface area contributed by atoms with Gasteiger partial charge in [0.15, 0.2) is 0 Å². The summed E-state index contributed by atoms with van der Waals surface area (Å²) < 4.78 is 0. The van der Waals surface area contributed by atoms with Crippen molar-refractivity contribution >= 4 is 6.41 Å². The number of amides is 1. The summed E-state index contributed by atoms with van der Waals surface area (Å²) in [4.78, 5) is 10.3. The second kappa shape index (κ2) is 2.96. The summed E-state index contributed by atoms with van der Waals surface area (Å²) in [5, 5.41) is 15.6. The first-order valence-electron chi connectivity index (χ1n) is 4.49. The average molecular weight is 185 g/mol. The lowest BCUT2D eigenvalue weighted by molar-refractivity contribution is -0.246. The molecule has 1 fully saturated rings. The molecule has 4 nitrogen and oxygen atoms in total. The Hall–Kier alpha value is -0.610. The van der Waals surface area contributed by atoms with Crippen LogP contribution in [0.4, 0.5) is 0 Å². The van der Waals surface area contributed by atoms with Crippen LogP contribution in [0.5, 0.6) is 0 Å². The summed E-state index contributed by atoms with van der Waals surface area (Å²) in [5.74, 6) is 0. The molecule has 1 unspecified atom stereocenters. The number of hydrogen-bond acceptors (Lipinski definition) is 2. The maximum Gasteiger partial charge on any atom is 0.207 e. The van der Waals surface area contributed by atoms with E-state index in [1.54, 1.807) is 0 Å². The summed E-state index contributed by atoms with van der Waals surface area (Å²) in [6.07, 6.45) is 1.36. The lowest BCUT2D eigenvalue weighted by atomic mass is 9.95. The van der Waals surface area contributed by atoms with Gasteiger partial charge in [-0.2, -0.15) is 0 Å². The Morgan fingerprint density at radius 2 is 1.92 bits per heavy atom. The van der Waals surface area contributed by atoms with Crippen molar-refractivity contribution in [2.45, 2.75) is 51.2 Å². The van der Waals surface area contributed by atoms with Gasteiger partial charge in [0.25, 0.3) is 0 Å². The molecule has 4 heteroatoms. The van der Waals surface area contributed by atoms with E-state index < -0.39 is 5.54 Å². The van der Waals surface area contributed by atoms with Gasteiger partial charge in [-0.25, -0.2) is 0 Å². The number of hydroxylamine groups is 2. The zero-order chi connectivity index (χ0) is 10.3. The third-order valence-corrected chi connectivity index (χ3v) is 2.90. The molecule has 13 heavy (non-hydrogen) atoms. The standard InChI is InChI=1S/C9H17N2O2/c1-8(2)5-7(10-6-12)9(3,4)11(8)13/h6-7H,5H2,1-4H3,(H,10,12). The molecular weight excluding hydrogens is 168 g/mol. The van der Waals surface area contributed by atoms with Crippen LogP contribution in [0.25, 0.3) is 0 Å². The van der Waals surface area contributed by atoms with Gasteiger partial charge in [0, 0.05) is 5.54 Å². The summed E-state index contributed by atoms with van der Waals surface area (Å²) in [5.41, 5.74) is -0.894. The fourth-order valence-electron chi connectivity index (χ4n) is 2.10. The molecule has 0 aliphatic carbocycles. The van der Waals surface area contributed by atoms with Gasteiger partial charge in [0.2, 0.25) is 6.41 Å². The zero-order valence-corrected chi connectivity index (χ0v) is 8.63. The van der Waals surface area contributed by atoms with Crippen molar-refractivity contribution in [3.05, 3.63) is 0 Å². The Labute approximate surface area is 78.9 Å². The molecule has 1 rings (SSSR count). The Bertz CT molecular complexity index is 214. The van der Waals surface area contributed by atoms with Crippen molar-refractivity contribution in [1.82, 2.24) is 10.4 Å². The molecule has 0 spiro atoms. The SMILES string of the molecule is CC1(C)CC(NC=O)C(C)(C)N1[O]. The quantitative estimate of drug-likeness (QED) is 0.644. The van der Waals surface area contributed by atoms with Crippen LogP contribution < -0.4 is 5.32 Å². The second-order valence-electron chi connectivity index (χ2n) is 4.80. The highest BCUT2D eigenvalue weighted by Crippen LogP contribution is 2.38. The highest BCUT2D eigenvalue weighted by atomic mass is 16.5. The molecular formula is C9H17N2O2. The highest BCUT2D eigenvalue weighted by Gasteiger charge is 2.52. The second-order valence-corrected chi connectivity index (χ2v) is 4.80. The molecule has 1 aliphatic heterocycles. The van der Waals surface area contributed by atoms with Crippen LogP contribution >= 0.6 is 0 Å². The molecule has 0 saturated carbocycles. The lowest BCUT2D eigenvalue weighted by Gasteiger charge is -2.33. The van der Waals surface area contributed by atoms with E-state index in [0.29, 0.717) is 12.8 Å². The predicted octanol–water partition coefficient (Wildman–Crippen LogP) is 0.709. The zero-order valence-electron chi connectivity index (χ0n) is 8.63. The molecule has 75 valence electrons. The minimum absolute atomic E-state index is 0.0579. The maximum absolute atomic E-state index is 11.8. The van der Waals surface area contributed by atoms with E-state index in [-0.39, 0.29) is 11.6 Å². The highest BCUT2D eigenvalue weighted by molar-refractivity contribution is 5.47. The number of carbonyl (C=O) groups excluding carboxylic acids is 1. The summed E-state index contributed by atoms with van der Waals surface area (Å²) >= 11 is 0. The number of nitrogens with zero attached hydrogens (tertiary/aromatic N) is 1. The Morgan fingerprint density at radius 3 is 2.23 bits per heavy atom. The van der Waals surface area contributed by atoms with Gasteiger partial charge in [-0.1, -0.05) is 0 Å². The first kappa shape index (κ1) is 10.5. The third-order valence-electron chi connectivity index (χ3n) is 2.90. The molecule has 0 aromatic carbocycles. The number of nitrogens with one attached hydrogen (secondary N) is 1. The molecule has 1 aliphatic rings. The van der Waals surface area contributed by atoms with Crippen molar-refractivity contribution in [3.8, 4) is 0 Å². The predicted molar refractivity (Wildman–Crippen MR) is 48.3 cm³/mol. The molecule has 0 aromatic heterocycles. The molecule has 1 N–H and O–H groups in total. The van der Waals surface area contributed by atoms with Crippen LogP contribution in [0.15, 0.2) is 0 Å². The largest absolute Gasteiger partial charge is 0.354 e. The van der Waals surface area contributed by atoms with Gasteiger partial charge < -0.3 is 5.32 Å². The van der Waals surface area contributed by atoms with Crippen molar-refractivity contribution < 1.29 is 10.0 Å². The summed E-state index contributed by atoms with van der Waals surface area (Å²) in [7, 11) is 0. The molecule has 1 amide bonds. The van der Waals surface area contributed by atoms with E-state index in [9.17, 15) is 10.0 Å². The van der Waals surface area contributed by atoms with E-state index in [0.717, 1.165) is 5.06 Å². The van der Waals surface area contributed by atoms with Gasteiger partial charge in [0.1, 0.15) is 0 Å². The van der Waals surface area contributed by atoms with Crippen molar-refractivity contribution in [1.29, 1.82) is 0 Å². The Balaban J connectivity index is 2.86. The summed E-state index contributed by atoms with van der Waals surface area (Å²) in [6.45, 7) is 7.51. The smallest absolute Gasteiger partial charge is 0.207 e. The van der Waals surface area contributed by atoms with E-state index >= 15 is 0 Å². The van der Waals surface area contributed by atoms with Crippen LogP contribution in [-0.2, 0) is 10.0 Å². The van der Waals surface area contributed by atoms with Gasteiger partial charge in [-0.15, -0.1) is 10.3 Å². The minimum Gasteiger partial charge on any atom is -0.354 e. The van der Waals surface area contributed by atoms with E-state index in [1.165, 1.54) is 0 Å². The fraction of sp³-hybridized carbons (Fsp3) is 0.889. The van der Waals surface area contributed by atoms with Gasteiger partial charge in [-0.3, -0.25) is 4.79 Å². The molecule has 1 heterocycles. The number of hydrogen-bond donors (Lipinski definition) is 1. The van der Waals surface area contributed by atoms with Crippen LogP contribution in [0, 0.1) is 0 Å². The van der Waals surface area contributed by atoms with Gasteiger partial charge in [0.05, 0.1) is 11.6 Å². The molecule has 1 atom stereocenters. The maximum atomic E-state index is 11.8. The minimum atomic E-state index is -0.510. The fourth-order valence-corrected chi connectivity index (χ4v) is 2.10. The van der Waals surface area contributed by atoms with Crippen LogP contribution in [0.2, 0.25) is 0 Å². The Morgan fingerprint density at radius 1 is 1.38 bits per heavy atom. The molecule has 0 aromatic rings. The molecule has 1 radical (unpaired) electrons. The monoisotopic (exact) mass is 185 g/mol. The van der Waals surface area contributed by atoms with Gasteiger partial charge >= 0.3 is 0 Å². The third kappa shape index (κ3) is 1.56. The van der Waals surface area contributed by atoms with Gasteiger partial charge in [-0.05, 0) is 34.1 Å². The first-order chi connectivity index (χ1) is 5.82. The van der Waals surface area contributed by atoms with Crippen molar-refractivity contribution in [2.75, 3.05) is 0 Å². The van der Waals surface area contributed by atoms with Crippen LogP contribution in [0.3, 0.4) is 0 Å². The van der Waals surface area contributed by atoms with E-state index in [1.807, 2.05) is 27.7 Å². The lowest BCUT2D eigenvalue weighted by Crippen LogP contribution is -2.51. The molecule has 0 bridgehead atoms. The summed E-state index contributed by atoms with van der Waals surface area (Å²) in [6, 6.07) is -0.0579. The van der Waals surface area contributed by atoms with E-state index in [4.69, 9.17) is 0 Å². The molecule has 1 saturated heterocycles. The number of carbonyl (C=O) groups is 1. The normalized spacial score (nSPS) is 31.6. The first-order valence-corrected chi connectivity index (χ1v) is 4.49. The van der Waals surface area contributed by atoms with Crippen molar-refractivity contribution in [2.24, 2.45) is 0 Å². The van der Waals surface area contributed by atoms with E-state index in [2.05, 4.69) is 5.32 Å². The Kier molecular flexibility index (Phi) is 2.38. The van der Waals surface area contributed by atoms with Crippen LogP contribution in [-0.4, -0.2) is 28.6 Å². The average Bonchev–Trinajstić information content (AvgIpc) is 2.14. The van der Waals surface area contributed by atoms with Crippen LogP contribution in [0.1, 0.15) is 34.1 Å². The van der Waals surface area contributed by atoms with Crippen molar-refractivity contribution in [3.63, 3.8) is 0 Å².